The van der Waals surface area contributed by atoms with E-state index in [0.29, 0.717) is 0 Å². The summed E-state index contributed by atoms with van der Waals surface area (Å²) < 4.78 is 0. The molecule has 0 saturated carbocycles. The third-order valence-corrected chi connectivity index (χ3v) is 3.38. The van der Waals surface area contributed by atoms with E-state index in [0.717, 1.165) is 33.3 Å². The van der Waals surface area contributed by atoms with Gasteiger partial charge < -0.3 is 5.11 Å². The highest BCUT2D eigenvalue weighted by molar-refractivity contribution is 5.78. The highest BCUT2D eigenvalue weighted by Gasteiger charge is 2.15. The number of benzene rings is 2. The van der Waals surface area contributed by atoms with Gasteiger partial charge in [-0.3, -0.25) is 9.97 Å². The van der Waals surface area contributed by atoms with Crippen molar-refractivity contribution >= 4 is 11.0 Å². The standard InChI is InChI=1S/C17H16N2O/c1-11-8-12(2)10-13(9-11)17(20)14-4-3-5-15-16(14)19-7-6-18-15/h3-10,17,20H,1-2H3. The first-order chi connectivity index (χ1) is 9.65. The van der Waals surface area contributed by atoms with E-state index in [9.17, 15) is 5.11 Å². The molecule has 3 heteroatoms. The highest BCUT2D eigenvalue weighted by Crippen LogP contribution is 2.27. The summed E-state index contributed by atoms with van der Waals surface area (Å²) in [5.41, 5.74) is 5.52. The van der Waals surface area contributed by atoms with Crippen LogP contribution in [0.3, 0.4) is 0 Å². The van der Waals surface area contributed by atoms with Gasteiger partial charge in [-0.25, -0.2) is 0 Å². The van der Waals surface area contributed by atoms with Crippen LogP contribution in [0.1, 0.15) is 28.4 Å². The third kappa shape index (κ3) is 2.28. The Morgan fingerprint density at radius 3 is 2.40 bits per heavy atom. The van der Waals surface area contributed by atoms with Gasteiger partial charge in [-0.1, -0.05) is 41.5 Å². The van der Waals surface area contributed by atoms with Gasteiger partial charge in [0.05, 0.1) is 11.0 Å². The van der Waals surface area contributed by atoms with Gasteiger partial charge in [0.1, 0.15) is 6.10 Å². The minimum atomic E-state index is -0.686. The predicted molar refractivity (Wildman–Crippen MR) is 79.5 cm³/mol. The minimum absolute atomic E-state index is 0.686. The maximum Gasteiger partial charge on any atom is 0.106 e. The van der Waals surface area contributed by atoms with E-state index in [4.69, 9.17) is 0 Å². The molecule has 0 aliphatic heterocycles. The van der Waals surface area contributed by atoms with Crippen LogP contribution in [-0.4, -0.2) is 15.1 Å². The zero-order valence-electron chi connectivity index (χ0n) is 11.5. The maximum absolute atomic E-state index is 10.7. The molecule has 100 valence electrons. The van der Waals surface area contributed by atoms with Crippen LogP contribution in [0.4, 0.5) is 0 Å². The number of fused-ring (bicyclic) bond motifs is 1. The molecule has 1 unspecified atom stereocenters. The highest BCUT2D eigenvalue weighted by atomic mass is 16.3. The first-order valence-electron chi connectivity index (χ1n) is 6.61. The predicted octanol–water partition coefficient (Wildman–Crippen LogP) is 3.33. The van der Waals surface area contributed by atoms with Gasteiger partial charge in [-0.05, 0) is 25.5 Å². The Kier molecular flexibility index (Phi) is 3.20. The second-order valence-electron chi connectivity index (χ2n) is 5.09. The molecule has 0 bridgehead atoms. The Hall–Kier alpha value is -2.26. The van der Waals surface area contributed by atoms with Gasteiger partial charge in [0, 0.05) is 18.0 Å². The summed E-state index contributed by atoms with van der Waals surface area (Å²) in [6.45, 7) is 4.07. The van der Waals surface area contributed by atoms with E-state index in [2.05, 4.69) is 16.0 Å². The molecular weight excluding hydrogens is 248 g/mol. The van der Waals surface area contributed by atoms with Crippen molar-refractivity contribution in [2.45, 2.75) is 20.0 Å². The average molecular weight is 264 g/mol. The second kappa shape index (κ2) is 5.02. The molecule has 2 aromatic carbocycles. The fourth-order valence-electron chi connectivity index (χ4n) is 2.58. The van der Waals surface area contributed by atoms with Crippen molar-refractivity contribution in [1.29, 1.82) is 0 Å². The van der Waals surface area contributed by atoms with Crippen molar-refractivity contribution in [3.05, 3.63) is 71.0 Å². The summed E-state index contributed by atoms with van der Waals surface area (Å²) in [5, 5.41) is 10.7. The van der Waals surface area contributed by atoms with Gasteiger partial charge in [-0.2, -0.15) is 0 Å². The number of hydrogen-bond acceptors (Lipinski definition) is 3. The van der Waals surface area contributed by atoms with E-state index in [-0.39, 0.29) is 0 Å². The fourth-order valence-corrected chi connectivity index (χ4v) is 2.58. The van der Waals surface area contributed by atoms with E-state index in [1.165, 1.54) is 0 Å². The second-order valence-corrected chi connectivity index (χ2v) is 5.09. The molecule has 1 N–H and O–H groups in total. The minimum Gasteiger partial charge on any atom is -0.384 e. The molecule has 0 amide bonds. The monoisotopic (exact) mass is 264 g/mol. The Bertz CT molecular complexity index is 742. The Morgan fingerprint density at radius 2 is 1.65 bits per heavy atom. The summed E-state index contributed by atoms with van der Waals surface area (Å²) in [6.07, 6.45) is 2.63. The van der Waals surface area contributed by atoms with E-state index < -0.39 is 6.10 Å². The van der Waals surface area contributed by atoms with Crippen molar-refractivity contribution in [3.8, 4) is 0 Å². The first kappa shape index (κ1) is 12.8. The lowest BCUT2D eigenvalue weighted by Gasteiger charge is -2.14. The number of aryl methyl sites for hydroxylation is 2. The molecule has 1 atom stereocenters. The summed E-state index contributed by atoms with van der Waals surface area (Å²) in [7, 11) is 0. The van der Waals surface area contributed by atoms with Crippen molar-refractivity contribution < 1.29 is 5.11 Å². The smallest absolute Gasteiger partial charge is 0.106 e. The van der Waals surface area contributed by atoms with Gasteiger partial charge in [0.15, 0.2) is 0 Å². The van der Waals surface area contributed by atoms with Crippen LogP contribution in [0.2, 0.25) is 0 Å². The number of rotatable bonds is 2. The Morgan fingerprint density at radius 1 is 0.950 bits per heavy atom. The molecule has 0 aliphatic rings. The van der Waals surface area contributed by atoms with E-state index in [1.807, 2.05) is 44.2 Å². The third-order valence-electron chi connectivity index (χ3n) is 3.38. The summed E-state index contributed by atoms with van der Waals surface area (Å²) in [4.78, 5) is 8.63. The normalized spacial score (nSPS) is 12.6. The number of aliphatic hydroxyl groups excluding tert-OH is 1. The van der Waals surface area contributed by atoms with Crippen LogP contribution in [0, 0.1) is 13.8 Å². The molecule has 3 nitrogen and oxygen atoms in total. The molecule has 0 fully saturated rings. The quantitative estimate of drug-likeness (QED) is 0.772. The van der Waals surface area contributed by atoms with Gasteiger partial charge >= 0.3 is 0 Å². The lowest BCUT2D eigenvalue weighted by Crippen LogP contribution is -2.02. The number of hydrogen-bond donors (Lipinski definition) is 1. The molecule has 1 aromatic heterocycles. The molecular formula is C17H16N2O. The largest absolute Gasteiger partial charge is 0.384 e. The van der Waals surface area contributed by atoms with Crippen LogP contribution in [0.15, 0.2) is 48.8 Å². The molecule has 0 aliphatic carbocycles. The molecule has 0 saturated heterocycles. The van der Waals surface area contributed by atoms with Gasteiger partial charge in [0.2, 0.25) is 0 Å². The number of aliphatic hydroxyl groups is 1. The number of nitrogens with zero attached hydrogens (tertiary/aromatic N) is 2. The summed E-state index contributed by atoms with van der Waals surface area (Å²) >= 11 is 0. The van der Waals surface area contributed by atoms with Gasteiger partial charge in [-0.15, -0.1) is 0 Å². The number of para-hydroxylation sites is 1. The van der Waals surface area contributed by atoms with Crippen molar-refractivity contribution in [2.75, 3.05) is 0 Å². The van der Waals surface area contributed by atoms with E-state index in [1.54, 1.807) is 12.4 Å². The topological polar surface area (TPSA) is 46.0 Å². The molecule has 0 spiro atoms. The SMILES string of the molecule is Cc1cc(C)cc(C(O)c2cccc3nccnc23)c1. The molecule has 20 heavy (non-hydrogen) atoms. The molecule has 3 aromatic rings. The van der Waals surface area contributed by atoms with Crippen molar-refractivity contribution in [2.24, 2.45) is 0 Å². The van der Waals surface area contributed by atoms with Crippen LogP contribution in [-0.2, 0) is 0 Å². The van der Waals surface area contributed by atoms with Crippen LogP contribution in [0.25, 0.3) is 11.0 Å². The Balaban J connectivity index is 2.15. The summed E-state index contributed by atoms with van der Waals surface area (Å²) in [6, 6.07) is 11.8. The zero-order valence-corrected chi connectivity index (χ0v) is 11.5. The zero-order chi connectivity index (χ0) is 14.1. The number of aromatic nitrogens is 2. The average Bonchev–Trinajstić information content (AvgIpc) is 2.45. The Labute approximate surface area is 117 Å². The van der Waals surface area contributed by atoms with Crippen LogP contribution < -0.4 is 0 Å². The molecule has 1 heterocycles. The van der Waals surface area contributed by atoms with Crippen molar-refractivity contribution in [3.63, 3.8) is 0 Å². The lowest BCUT2D eigenvalue weighted by atomic mass is 9.97. The van der Waals surface area contributed by atoms with Crippen LogP contribution in [0.5, 0.6) is 0 Å². The lowest BCUT2D eigenvalue weighted by molar-refractivity contribution is 0.221. The van der Waals surface area contributed by atoms with Crippen LogP contribution >= 0.6 is 0 Å². The van der Waals surface area contributed by atoms with Gasteiger partial charge in [0.25, 0.3) is 0 Å². The maximum atomic E-state index is 10.7. The first-order valence-corrected chi connectivity index (χ1v) is 6.61. The fraction of sp³-hybridized carbons (Fsp3) is 0.176. The summed E-state index contributed by atoms with van der Waals surface area (Å²) in [5.74, 6) is 0. The molecule has 3 rings (SSSR count). The van der Waals surface area contributed by atoms with Crippen molar-refractivity contribution in [1.82, 2.24) is 9.97 Å². The van der Waals surface area contributed by atoms with E-state index >= 15 is 0 Å². The molecule has 0 radical (unpaired) electrons.